The lowest BCUT2D eigenvalue weighted by Gasteiger charge is -2.18. The van der Waals surface area contributed by atoms with Crippen LogP contribution in [0.5, 0.6) is 0 Å². The van der Waals surface area contributed by atoms with Crippen LogP contribution >= 0.6 is 0 Å². The first-order valence-electron chi connectivity index (χ1n) is 25.4. The molecule has 0 fully saturated rings. The maximum Gasteiger partial charge on any atom is 0.306 e. The van der Waals surface area contributed by atoms with E-state index in [1.165, 1.54) is 64.2 Å². The Hall–Kier alpha value is -3.44. The molecule has 0 spiro atoms. The quantitative estimate of drug-likeness (QED) is 0.0347. The van der Waals surface area contributed by atoms with E-state index in [9.17, 15) is 9.59 Å². The molecule has 0 aromatic carbocycles. The standard InChI is InChI=1S/C57H94O5/c1-4-7-10-13-16-19-22-25-26-27-28-29-30-31-34-37-40-43-46-49-52-60-53-55(62-57(59)51-48-45-42-39-36-33-24-21-18-15-12-9-6-3)54-61-56(58)50-47-44-41-38-35-32-23-20-17-14-11-8-5-2/h7-8,10-11,16-17,19-20,25-26,28-29,31-32,34-35,40,43,55H,4-6,9,12-15,18,21-24,27,30,33,36-39,41-42,44-54H2,1-3H3/b10-7-,11-8-,19-16-,20-17-,26-25-,29-28-,34-31-,35-32-,43-40-. The lowest BCUT2D eigenvalue weighted by atomic mass is 10.0. The summed E-state index contributed by atoms with van der Waals surface area (Å²) in [6.07, 6.45) is 71.1. The van der Waals surface area contributed by atoms with Crippen LogP contribution in [0, 0.1) is 0 Å². The fourth-order valence-electron chi connectivity index (χ4n) is 6.60. The number of rotatable bonds is 45. The average molecular weight is 859 g/mol. The first-order chi connectivity index (χ1) is 30.6. The highest BCUT2D eigenvalue weighted by atomic mass is 16.6. The molecular weight excluding hydrogens is 765 g/mol. The molecule has 62 heavy (non-hydrogen) atoms. The third-order valence-electron chi connectivity index (χ3n) is 10.3. The zero-order valence-electron chi connectivity index (χ0n) is 40.3. The molecule has 5 nitrogen and oxygen atoms in total. The summed E-state index contributed by atoms with van der Waals surface area (Å²) >= 11 is 0. The van der Waals surface area contributed by atoms with Crippen molar-refractivity contribution in [1.29, 1.82) is 0 Å². The Morgan fingerprint density at radius 2 is 0.726 bits per heavy atom. The predicted octanol–water partition coefficient (Wildman–Crippen LogP) is 17.2. The van der Waals surface area contributed by atoms with E-state index in [-0.39, 0.29) is 25.2 Å². The van der Waals surface area contributed by atoms with Crippen LogP contribution in [0.25, 0.3) is 0 Å². The van der Waals surface area contributed by atoms with Crippen LogP contribution < -0.4 is 0 Å². The number of hydrogen-bond acceptors (Lipinski definition) is 5. The topological polar surface area (TPSA) is 61.8 Å². The fourth-order valence-corrected chi connectivity index (χ4v) is 6.60. The minimum absolute atomic E-state index is 0.0425. The zero-order valence-corrected chi connectivity index (χ0v) is 40.3. The van der Waals surface area contributed by atoms with Gasteiger partial charge in [-0.25, -0.2) is 0 Å². The van der Waals surface area contributed by atoms with Gasteiger partial charge in [-0.1, -0.05) is 214 Å². The molecule has 0 heterocycles. The molecule has 1 atom stereocenters. The van der Waals surface area contributed by atoms with E-state index in [0.29, 0.717) is 19.4 Å². The van der Waals surface area contributed by atoms with Crippen LogP contribution in [0.4, 0.5) is 0 Å². The summed E-state index contributed by atoms with van der Waals surface area (Å²) in [5.74, 6) is -0.467. The highest BCUT2D eigenvalue weighted by Gasteiger charge is 2.17. The summed E-state index contributed by atoms with van der Waals surface area (Å²) in [5.41, 5.74) is 0. The minimum Gasteiger partial charge on any atom is -0.462 e. The SMILES string of the molecule is CC/C=C\C/C=C\C/C=C\C/C=C\C/C=C\C/C=C\CCCOCC(COC(=O)CCCCC/C=C\C/C=C\C/C=C\CC)OC(=O)CCCCCCCCCCCCCCC. The van der Waals surface area contributed by atoms with Crippen LogP contribution in [-0.2, 0) is 23.8 Å². The Bertz CT molecular complexity index is 1250. The van der Waals surface area contributed by atoms with Crippen molar-refractivity contribution in [2.75, 3.05) is 19.8 Å². The summed E-state index contributed by atoms with van der Waals surface area (Å²) in [6.45, 7) is 7.42. The van der Waals surface area contributed by atoms with E-state index < -0.39 is 6.10 Å². The molecule has 0 aromatic rings. The molecule has 0 rings (SSSR count). The van der Waals surface area contributed by atoms with Gasteiger partial charge in [0.05, 0.1) is 6.61 Å². The van der Waals surface area contributed by atoms with Crippen molar-refractivity contribution < 1.29 is 23.8 Å². The van der Waals surface area contributed by atoms with Crippen LogP contribution in [0.1, 0.15) is 213 Å². The summed E-state index contributed by atoms with van der Waals surface area (Å²) in [6, 6.07) is 0. The van der Waals surface area contributed by atoms with Crippen molar-refractivity contribution in [2.45, 2.75) is 219 Å². The zero-order chi connectivity index (χ0) is 44.9. The van der Waals surface area contributed by atoms with Crippen molar-refractivity contribution in [3.63, 3.8) is 0 Å². The Morgan fingerprint density at radius 1 is 0.371 bits per heavy atom. The second-order valence-corrected chi connectivity index (χ2v) is 16.3. The minimum atomic E-state index is -0.582. The van der Waals surface area contributed by atoms with Gasteiger partial charge in [-0.15, -0.1) is 0 Å². The Balaban J connectivity index is 4.41. The lowest BCUT2D eigenvalue weighted by molar-refractivity contribution is -0.163. The van der Waals surface area contributed by atoms with Gasteiger partial charge < -0.3 is 14.2 Å². The van der Waals surface area contributed by atoms with Gasteiger partial charge in [-0.3, -0.25) is 9.59 Å². The van der Waals surface area contributed by atoms with Crippen molar-refractivity contribution in [3.05, 3.63) is 109 Å². The second kappa shape index (κ2) is 51.9. The summed E-state index contributed by atoms with van der Waals surface area (Å²) in [7, 11) is 0. The maximum absolute atomic E-state index is 12.8. The van der Waals surface area contributed by atoms with Gasteiger partial charge in [-0.2, -0.15) is 0 Å². The van der Waals surface area contributed by atoms with E-state index in [1.54, 1.807) is 0 Å². The number of ether oxygens (including phenoxy) is 3. The van der Waals surface area contributed by atoms with Crippen LogP contribution in [0.3, 0.4) is 0 Å². The monoisotopic (exact) mass is 859 g/mol. The smallest absolute Gasteiger partial charge is 0.306 e. The average Bonchev–Trinajstić information content (AvgIpc) is 3.27. The maximum atomic E-state index is 12.8. The molecule has 0 bridgehead atoms. The molecule has 0 N–H and O–H groups in total. The van der Waals surface area contributed by atoms with Gasteiger partial charge in [0.25, 0.3) is 0 Å². The summed E-state index contributed by atoms with van der Waals surface area (Å²) in [5, 5.41) is 0. The summed E-state index contributed by atoms with van der Waals surface area (Å²) in [4.78, 5) is 25.3. The van der Waals surface area contributed by atoms with E-state index in [1.807, 2.05) is 0 Å². The molecule has 0 amide bonds. The molecular formula is C57H94O5. The largest absolute Gasteiger partial charge is 0.462 e. The number of carbonyl (C=O) groups is 2. The number of carbonyl (C=O) groups excluding carboxylic acids is 2. The third-order valence-corrected chi connectivity index (χ3v) is 10.3. The van der Waals surface area contributed by atoms with Crippen molar-refractivity contribution >= 4 is 11.9 Å². The third kappa shape index (κ3) is 49.2. The Labute approximate surface area is 383 Å². The predicted molar refractivity (Wildman–Crippen MR) is 269 cm³/mol. The molecule has 0 aliphatic rings. The van der Waals surface area contributed by atoms with Crippen molar-refractivity contribution in [1.82, 2.24) is 0 Å². The van der Waals surface area contributed by atoms with Crippen LogP contribution in [-0.4, -0.2) is 37.9 Å². The normalized spacial score (nSPS) is 13.1. The number of esters is 2. The molecule has 0 radical (unpaired) electrons. The van der Waals surface area contributed by atoms with E-state index in [4.69, 9.17) is 14.2 Å². The first kappa shape index (κ1) is 58.6. The first-order valence-corrected chi connectivity index (χ1v) is 25.4. The lowest BCUT2D eigenvalue weighted by Crippen LogP contribution is -2.30. The molecule has 5 heteroatoms. The summed E-state index contributed by atoms with van der Waals surface area (Å²) < 4.78 is 17.3. The molecule has 0 aliphatic carbocycles. The number of unbranched alkanes of at least 4 members (excludes halogenated alkanes) is 16. The number of hydrogen-bond donors (Lipinski definition) is 0. The van der Waals surface area contributed by atoms with Gasteiger partial charge in [0.2, 0.25) is 0 Å². The van der Waals surface area contributed by atoms with Crippen molar-refractivity contribution in [3.8, 4) is 0 Å². The highest BCUT2D eigenvalue weighted by Crippen LogP contribution is 2.14. The Morgan fingerprint density at radius 3 is 1.16 bits per heavy atom. The second-order valence-electron chi connectivity index (χ2n) is 16.3. The van der Waals surface area contributed by atoms with Gasteiger partial charge in [0.1, 0.15) is 6.61 Å². The molecule has 0 aromatic heterocycles. The molecule has 0 saturated carbocycles. The van der Waals surface area contributed by atoms with Crippen LogP contribution in [0.15, 0.2) is 109 Å². The fraction of sp³-hybridized carbons (Fsp3) is 0.649. The molecule has 0 saturated heterocycles. The van der Waals surface area contributed by atoms with Gasteiger partial charge in [0, 0.05) is 19.4 Å². The van der Waals surface area contributed by atoms with Crippen LogP contribution in [0.2, 0.25) is 0 Å². The van der Waals surface area contributed by atoms with E-state index in [0.717, 1.165) is 116 Å². The van der Waals surface area contributed by atoms with E-state index >= 15 is 0 Å². The van der Waals surface area contributed by atoms with Gasteiger partial charge in [0.15, 0.2) is 6.10 Å². The van der Waals surface area contributed by atoms with E-state index in [2.05, 4.69) is 130 Å². The van der Waals surface area contributed by atoms with Gasteiger partial charge >= 0.3 is 11.9 Å². The number of allylic oxidation sites excluding steroid dienone is 18. The van der Waals surface area contributed by atoms with Gasteiger partial charge in [-0.05, 0) is 96.3 Å². The molecule has 1 unspecified atom stereocenters. The van der Waals surface area contributed by atoms with Crippen molar-refractivity contribution in [2.24, 2.45) is 0 Å². The molecule has 352 valence electrons. The Kier molecular flexibility index (Phi) is 49.0. The molecule has 0 aliphatic heterocycles. The highest BCUT2D eigenvalue weighted by molar-refractivity contribution is 5.70.